The number of aryl methyl sites for hydroxylation is 1. The van der Waals surface area contributed by atoms with Crippen LogP contribution < -0.4 is 0 Å². The van der Waals surface area contributed by atoms with Gasteiger partial charge >= 0.3 is 0 Å². The lowest BCUT2D eigenvalue weighted by molar-refractivity contribution is 0.0698. The molecule has 0 amide bonds. The molecule has 5 heteroatoms. The number of aromatic nitrogens is 3. The summed E-state index contributed by atoms with van der Waals surface area (Å²) in [5, 5.41) is 18.7. The molecule has 1 aromatic rings. The molecule has 94 valence electrons. The Labute approximate surface area is 101 Å². The predicted octanol–water partition coefficient (Wildman–Crippen LogP) is 1.26. The molecule has 17 heavy (non-hydrogen) atoms. The van der Waals surface area contributed by atoms with Gasteiger partial charge in [-0.1, -0.05) is 6.92 Å². The average molecular weight is 236 g/mol. The molecular formula is C12H20N4O. The third-order valence-corrected chi connectivity index (χ3v) is 4.02. The fourth-order valence-electron chi connectivity index (χ4n) is 3.13. The van der Waals surface area contributed by atoms with Crippen LogP contribution in [-0.2, 0) is 6.42 Å². The van der Waals surface area contributed by atoms with Crippen LogP contribution in [0.3, 0.4) is 0 Å². The molecule has 0 bridgehead atoms. The fourth-order valence-corrected chi connectivity index (χ4v) is 3.13. The number of hydrogen-bond acceptors (Lipinski definition) is 4. The molecule has 0 aliphatic carbocycles. The first kappa shape index (κ1) is 11.2. The first-order valence-corrected chi connectivity index (χ1v) is 6.67. The van der Waals surface area contributed by atoms with Crippen LogP contribution >= 0.6 is 0 Å². The zero-order chi connectivity index (χ0) is 11.8. The Morgan fingerprint density at radius 3 is 3.00 bits per heavy atom. The van der Waals surface area contributed by atoms with Gasteiger partial charge in [-0.3, -0.25) is 9.47 Å². The Balaban J connectivity index is 1.95. The van der Waals surface area contributed by atoms with Crippen molar-refractivity contribution in [3.8, 4) is 0 Å². The number of nitrogens with zero attached hydrogens (tertiary/aromatic N) is 4. The van der Waals surface area contributed by atoms with Crippen molar-refractivity contribution in [3.63, 3.8) is 0 Å². The van der Waals surface area contributed by atoms with Gasteiger partial charge < -0.3 is 5.11 Å². The van der Waals surface area contributed by atoms with E-state index in [2.05, 4.69) is 22.0 Å². The molecule has 0 aromatic carbocycles. The van der Waals surface area contributed by atoms with Crippen molar-refractivity contribution in [2.75, 3.05) is 13.1 Å². The van der Waals surface area contributed by atoms with E-state index in [-0.39, 0.29) is 0 Å². The highest BCUT2D eigenvalue weighted by Gasteiger charge is 2.32. The summed E-state index contributed by atoms with van der Waals surface area (Å²) >= 11 is 0. The molecule has 0 spiro atoms. The smallest absolute Gasteiger partial charge is 0.152 e. The van der Waals surface area contributed by atoms with Crippen LogP contribution in [0.2, 0.25) is 0 Å². The Kier molecular flexibility index (Phi) is 2.88. The summed E-state index contributed by atoms with van der Waals surface area (Å²) in [6.07, 6.45) is 4.74. The van der Waals surface area contributed by atoms with Gasteiger partial charge in [-0.05, 0) is 38.8 Å². The summed E-state index contributed by atoms with van der Waals surface area (Å²) in [5.74, 6) is 1.94. The molecule has 3 heterocycles. The molecule has 3 rings (SSSR count). The summed E-state index contributed by atoms with van der Waals surface area (Å²) in [7, 11) is 0. The van der Waals surface area contributed by atoms with Gasteiger partial charge in [-0.2, -0.15) is 0 Å². The minimum absolute atomic E-state index is 0.356. The zero-order valence-electron chi connectivity index (χ0n) is 10.3. The first-order valence-electron chi connectivity index (χ1n) is 6.67. The van der Waals surface area contributed by atoms with E-state index in [0.717, 1.165) is 50.4 Å². The molecule has 1 N–H and O–H groups in total. The molecule has 5 nitrogen and oxygen atoms in total. The van der Waals surface area contributed by atoms with E-state index in [1.807, 2.05) is 4.57 Å². The van der Waals surface area contributed by atoms with Crippen LogP contribution in [-0.4, -0.2) is 37.9 Å². The van der Waals surface area contributed by atoms with E-state index in [1.165, 1.54) is 6.42 Å². The van der Waals surface area contributed by atoms with Gasteiger partial charge in [0.05, 0.1) is 6.04 Å². The Morgan fingerprint density at radius 2 is 2.18 bits per heavy atom. The van der Waals surface area contributed by atoms with E-state index >= 15 is 0 Å². The van der Waals surface area contributed by atoms with Crippen LogP contribution in [0.15, 0.2) is 0 Å². The number of aliphatic hydroxyl groups excluding tert-OH is 1. The lowest BCUT2D eigenvalue weighted by Crippen LogP contribution is -2.28. The summed E-state index contributed by atoms with van der Waals surface area (Å²) in [6, 6.07) is 0.356. The number of aliphatic hydroxyl groups is 1. The Morgan fingerprint density at radius 1 is 1.29 bits per heavy atom. The highest BCUT2D eigenvalue weighted by atomic mass is 16.3. The zero-order valence-corrected chi connectivity index (χ0v) is 10.3. The predicted molar refractivity (Wildman–Crippen MR) is 63.4 cm³/mol. The molecule has 2 aliphatic heterocycles. The lowest BCUT2D eigenvalue weighted by atomic mass is 10.1. The molecular weight excluding hydrogens is 216 g/mol. The fraction of sp³-hybridized carbons (Fsp3) is 0.833. The minimum atomic E-state index is -0.414. The number of rotatable bonds is 2. The van der Waals surface area contributed by atoms with Crippen molar-refractivity contribution in [1.29, 1.82) is 0 Å². The van der Waals surface area contributed by atoms with Gasteiger partial charge in [-0.15, -0.1) is 10.2 Å². The lowest BCUT2D eigenvalue weighted by Gasteiger charge is -2.26. The Hall–Kier alpha value is -0.940. The van der Waals surface area contributed by atoms with Gasteiger partial charge in [0.1, 0.15) is 12.1 Å². The summed E-state index contributed by atoms with van der Waals surface area (Å²) in [5.41, 5.74) is 0. The average Bonchev–Trinajstić information content (AvgIpc) is 2.94. The molecule has 2 unspecified atom stereocenters. The second-order valence-electron chi connectivity index (χ2n) is 5.00. The third-order valence-electron chi connectivity index (χ3n) is 4.02. The molecule has 2 atom stereocenters. The van der Waals surface area contributed by atoms with Gasteiger partial charge in [0.25, 0.3) is 0 Å². The number of hydrogen-bond donors (Lipinski definition) is 1. The standard InChI is InChI=1S/C12H20N4O/c1-2-15-8-4-5-9(15)12-14-13-10-6-3-7-11(17)16(10)12/h9,11,17H,2-8H2,1H3. The maximum absolute atomic E-state index is 10.1. The summed E-state index contributed by atoms with van der Waals surface area (Å²) in [6.45, 7) is 4.37. The largest absolute Gasteiger partial charge is 0.373 e. The van der Waals surface area contributed by atoms with E-state index < -0.39 is 6.23 Å². The highest BCUT2D eigenvalue weighted by molar-refractivity contribution is 5.06. The maximum Gasteiger partial charge on any atom is 0.152 e. The second kappa shape index (κ2) is 4.38. The topological polar surface area (TPSA) is 54.2 Å². The number of fused-ring (bicyclic) bond motifs is 1. The van der Waals surface area contributed by atoms with E-state index in [9.17, 15) is 5.11 Å². The normalized spacial score (nSPS) is 29.5. The van der Waals surface area contributed by atoms with E-state index in [4.69, 9.17) is 0 Å². The molecule has 2 aliphatic rings. The monoisotopic (exact) mass is 236 g/mol. The van der Waals surface area contributed by atoms with Crippen molar-refractivity contribution in [3.05, 3.63) is 11.6 Å². The van der Waals surface area contributed by atoms with Crippen LogP contribution in [0.25, 0.3) is 0 Å². The molecule has 0 saturated carbocycles. The third kappa shape index (κ3) is 1.77. The van der Waals surface area contributed by atoms with Crippen LogP contribution in [0.4, 0.5) is 0 Å². The van der Waals surface area contributed by atoms with Crippen LogP contribution in [0.5, 0.6) is 0 Å². The SMILES string of the molecule is CCN1CCCC1c1nnc2n1C(O)CCC2. The Bertz CT molecular complexity index is 403. The van der Waals surface area contributed by atoms with Crippen molar-refractivity contribution < 1.29 is 5.11 Å². The minimum Gasteiger partial charge on any atom is -0.373 e. The molecule has 1 saturated heterocycles. The number of likely N-dealkylation sites (tertiary alicyclic amines) is 1. The van der Waals surface area contributed by atoms with Gasteiger partial charge in [0.15, 0.2) is 5.82 Å². The van der Waals surface area contributed by atoms with Gasteiger partial charge in [0, 0.05) is 6.42 Å². The van der Waals surface area contributed by atoms with Crippen molar-refractivity contribution >= 4 is 0 Å². The quantitative estimate of drug-likeness (QED) is 0.840. The van der Waals surface area contributed by atoms with Crippen molar-refractivity contribution in [1.82, 2.24) is 19.7 Å². The molecule has 1 fully saturated rings. The van der Waals surface area contributed by atoms with Gasteiger partial charge in [0.2, 0.25) is 0 Å². The molecule has 0 radical (unpaired) electrons. The second-order valence-corrected chi connectivity index (χ2v) is 5.00. The summed E-state index contributed by atoms with van der Waals surface area (Å²) in [4.78, 5) is 2.43. The molecule has 1 aromatic heterocycles. The first-order chi connectivity index (χ1) is 8.31. The van der Waals surface area contributed by atoms with E-state index in [1.54, 1.807) is 0 Å². The van der Waals surface area contributed by atoms with Crippen molar-refractivity contribution in [2.45, 2.75) is 51.3 Å². The maximum atomic E-state index is 10.1. The van der Waals surface area contributed by atoms with Gasteiger partial charge in [-0.25, -0.2) is 0 Å². The van der Waals surface area contributed by atoms with Crippen molar-refractivity contribution in [2.24, 2.45) is 0 Å². The highest BCUT2D eigenvalue weighted by Crippen LogP contribution is 2.34. The van der Waals surface area contributed by atoms with Crippen LogP contribution in [0.1, 0.15) is 56.5 Å². The van der Waals surface area contributed by atoms with E-state index in [0.29, 0.717) is 6.04 Å². The van der Waals surface area contributed by atoms with Crippen LogP contribution in [0, 0.1) is 0 Å². The summed E-state index contributed by atoms with van der Waals surface area (Å²) < 4.78 is 1.97.